The van der Waals surface area contributed by atoms with E-state index >= 15 is 0 Å². The normalized spacial score (nSPS) is 15.7. The van der Waals surface area contributed by atoms with Crippen molar-refractivity contribution < 1.29 is 19.4 Å². The number of nitrogens with zero attached hydrogens (tertiary/aromatic N) is 2. The summed E-state index contributed by atoms with van der Waals surface area (Å²) in [6.45, 7) is 0.513. The zero-order valence-electron chi connectivity index (χ0n) is 11.7. The summed E-state index contributed by atoms with van der Waals surface area (Å²) in [5.74, 6) is -0.988. The maximum Gasteiger partial charge on any atom is 0.335 e. The molecule has 1 aromatic heterocycles. The van der Waals surface area contributed by atoms with E-state index in [1.54, 1.807) is 6.07 Å². The molecule has 1 aliphatic carbocycles. The van der Waals surface area contributed by atoms with Crippen molar-refractivity contribution in [2.24, 2.45) is 0 Å². The highest BCUT2D eigenvalue weighted by Crippen LogP contribution is 2.30. The van der Waals surface area contributed by atoms with Gasteiger partial charge in [0.05, 0.1) is 12.2 Å². The average Bonchev–Trinajstić information content (AvgIpc) is 3.12. The standard InChI is InChI=1S/C15H18N2O4/c18-8-7-17(11-3-1-2-4-11)15-16-12-6-5-10(14(19)20)9-13(12)21-15/h5-6,9,11,18H,1-4,7-8H2,(H,19,20). The zero-order valence-corrected chi connectivity index (χ0v) is 11.7. The SMILES string of the molecule is O=C(O)c1ccc2nc(N(CCO)C3CCCC3)oc2c1. The number of rotatable bonds is 5. The Kier molecular flexibility index (Phi) is 3.79. The number of hydrogen-bond donors (Lipinski definition) is 2. The van der Waals surface area contributed by atoms with Crippen molar-refractivity contribution in [2.45, 2.75) is 31.7 Å². The molecule has 2 N–H and O–H groups in total. The molecule has 21 heavy (non-hydrogen) atoms. The van der Waals surface area contributed by atoms with Gasteiger partial charge in [0.25, 0.3) is 6.01 Å². The highest BCUT2D eigenvalue weighted by molar-refractivity contribution is 5.92. The summed E-state index contributed by atoms with van der Waals surface area (Å²) in [6, 6.07) is 5.46. The van der Waals surface area contributed by atoms with Gasteiger partial charge in [-0.25, -0.2) is 4.79 Å². The molecule has 1 fully saturated rings. The first-order valence-electron chi connectivity index (χ1n) is 7.20. The molecule has 0 unspecified atom stereocenters. The van der Waals surface area contributed by atoms with Crippen LogP contribution in [0.3, 0.4) is 0 Å². The predicted molar refractivity (Wildman–Crippen MR) is 77.7 cm³/mol. The fourth-order valence-corrected chi connectivity index (χ4v) is 2.93. The van der Waals surface area contributed by atoms with E-state index in [0.717, 1.165) is 12.8 Å². The summed E-state index contributed by atoms with van der Waals surface area (Å²) < 4.78 is 5.73. The Morgan fingerprint density at radius 3 is 2.81 bits per heavy atom. The summed E-state index contributed by atoms with van der Waals surface area (Å²) in [7, 11) is 0. The number of benzene rings is 1. The lowest BCUT2D eigenvalue weighted by Gasteiger charge is -2.26. The summed E-state index contributed by atoms with van der Waals surface area (Å²) in [5, 5.41) is 18.3. The van der Waals surface area contributed by atoms with Gasteiger partial charge >= 0.3 is 5.97 Å². The minimum atomic E-state index is -0.988. The Balaban J connectivity index is 1.95. The molecule has 2 aromatic rings. The van der Waals surface area contributed by atoms with E-state index in [-0.39, 0.29) is 12.2 Å². The second-order valence-corrected chi connectivity index (χ2v) is 5.34. The molecule has 0 aliphatic heterocycles. The molecule has 112 valence electrons. The van der Waals surface area contributed by atoms with Crippen LogP contribution < -0.4 is 4.90 Å². The number of hydrogen-bond acceptors (Lipinski definition) is 5. The van der Waals surface area contributed by atoms with E-state index in [0.29, 0.717) is 29.7 Å². The van der Waals surface area contributed by atoms with Crippen LogP contribution in [0.2, 0.25) is 0 Å². The van der Waals surface area contributed by atoms with Crippen LogP contribution in [0.4, 0.5) is 6.01 Å². The van der Waals surface area contributed by atoms with Gasteiger partial charge in [-0.1, -0.05) is 12.8 Å². The smallest absolute Gasteiger partial charge is 0.335 e. The fourth-order valence-electron chi connectivity index (χ4n) is 2.93. The van der Waals surface area contributed by atoms with E-state index in [2.05, 4.69) is 4.98 Å². The molecule has 3 rings (SSSR count). The average molecular weight is 290 g/mol. The number of aromatic carboxylic acids is 1. The van der Waals surface area contributed by atoms with Crippen molar-refractivity contribution in [2.75, 3.05) is 18.1 Å². The fraction of sp³-hybridized carbons (Fsp3) is 0.467. The van der Waals surface area contributed by atoms with Crippen LogP contribution in [0.5, 0.6) is 0 Å². The second kappa shape index (κ2) is 5.73. The van der Waals surface area contributed by atoms with Crippen molar-refractivity contribution in [3.8, 4) is 0 Å². The first-order chi connectivity index (χ1) is 10.2. The lowest BCUT2D eigenvalue weighted by atomic mass is 10.2. The molecule has 0 bridgehead atoms. The van der Waals surface area contributed by atoms with Crippen molar-refractivity contribution in [3.05, 3.63) is 23.8 Å². The third-order valence-corrected chi connectivity index (χ3v) is 3.98. The van der Waals surface area contributed by atoms with Crippen LogP contribution in [0.1, 0.15) is 36.0 Å². The number of oxazole rings is 1. The molecular weight excluding hydrogens is 272 g/mol. The highest BCUT2D eigenvalue weighted by Gasteiger charge is 2.26. The molecule has 0 spiro atoms. The minimum Gasteiger partial charge on any atom is -0.478 e. The molecule has 1 aromatic carbocycles. The minimum absolute atomic E-state index is 0.0373. The van der Waals surface area contributed by atoms with Gasteiger partial charge in [-0.2, -0.15) is 4.98 Å². The van der Waals surface area contributed by atoms with Gasteiger partial charge in [-0.15, -0.1) is 0 Å². The van der Waals surface area contributed by atoms with Gasteiger partial charge in [0.15, 0.2) is 5.58 Å². The zero-order chi connectivity index (χ0) is 14.8. The van der Waals surface area contributed by atoms with E-state index < -0.39 is 5.97 Å². The van der Waals surface area contributed by atoms with Crippen molar-refractivity contribution in [3.63, 3.8) is 0 Å². The number of anilines is 1. The van der Waals surface area contributed by atoms with Gasteiger partial charge < -0.3 is 19.5 Å². The number of carboxylic acid groups (broad SMARTS) is 1. The van der Waals surface area contributed by atoms with E-state index in [1.807, 2.05) is 4.90 Å². The molecule has 1 heterocycles. The van der Waals surface area contributed by atoms with Crippen LogP contribution in [-0.2, 0) is 0 Å². The van der Waals surface area contributed by atoms with Crippen LogP contribution in [0, 0.1) is 0 Å². The Labute approximate surface area is 122 Å². The van der Waals surface area contributed by atoms with Gasteiger partial charge in [0, 0.05) is 12.6 Å². The molecule has 0 radical (unpaired) electrons. The lowest BCUT2D eigenvalue weighted by Crippen LogP contribution is -2.35. The highest BCUT2D eigenvalue weighted by atomic mass is 16.4. The van der Waals surface area contributed by atoms with Gasteiger partial charge in [-0.3, -0.25) is 0 Å². The van der Waals surface area contributed by atoms with Crippen LogP contribution >= 0.6 is 0 Å². The van der Waals surface area contributed by atoms with Gasteiger partial charge in [0.2, 0.25) is 0 Å². The van der Waals surface area contributed by atoms with Crippen molar-refractivity contribution in [1.29, 1.82) is 0 Å². The number of fused-ring (bicyclic) bond motifs is 1. The molecule has 1 saturated carbocycles. The maximum atomic E-state index is 11.0. The number of aromatic nitrogens is 1. The largest absolute Gasteiger partial charge is 0.478 e. The third-order valence-electron chi connectivity index (χ3n) is 3.98. The third kappa shape index (κ3) is 2.71. The van der Waals surface area contributed by atoms with E-state index in [1.165, 1.54) is 25.0 Å². The quantitative estimate of drug-likeness (QED) is 0.878. The van der Waals surface area contributed by atoms with Crippen LogP contribution in [-0.4, -0.2) is 40.4 Å². The van der Waals surface area contributed by atoms with Crippen molar-refractivity contribution in [1.82, 2.24) is 4.98 Å². The number of aliphatic hydroxyl groups is 1. The maximum absolute atomic E-state index is 11.0. The Morgan fingerprint density at radius 2 is 2.14 bits per heavy atom. The van der Waals surface area contributed by atoms with Crippen LogP contribution in [0.15, 0.2) is 22.6 Å². The predicted octanol–water partition coefficient (Wildman–Crippen LogP) is 2.27. The Hall–Kier alpha value is -2.08. The molecule has 1 aliphatic rings. The Bertz CT molecular complexity index is 646. The van der Waals surface area contributed by atoms with Crippen LogP contribution in [0.25, 0.3) is 11.1 Å². The second-order valence-electron chi connectivity index (χ2n) is 5.34. The lowest BCUT2D eigenvalue weighted by molar-refractivity contribution is 0.0697. The van der Waals surface area contributed by atoms with Crippen molar-refractivity contribution >= 4 is 23.1 Å². The van der Waals surface area contributed by atoms with E-state index in [9.17, 15) is 9.90 Å². The molecular formula is C15H18N2O4. The molecule has 6 heteroatoms. The number of carbonyl (C=O) groups is 1. The topological polar surface area (TPSA) is 86.8 Å². The van der Waals surface area contributed by atoms with E-state index in [4.69, 9.17) is 9.52 Å². The summed E-state index contributed by atoms with van der Waals surface area (Å²) in [5.41, 5.74) is 1.28. The summed E-state index contributed by atoms with van der Waals surface area (Å²) in [6.07, 6.45) is 4.49. The number of carboxylic acids is 1. The molecule has 0 amide bonds. The monoisotopic (exact) mass is 290 g/mol. The molecule has 0 atom stereocenters. The first kappa shape index (κ1) is 13.9. The number of aliphatic hydroxyl groups excluding tert-OH is 1. The molecule has 0 saturated heterocycles. The summed E-state index contributed by atoms with van der Waals surface area (Å²) >= 11 is 0. The van der Waals surface area contributed by atoms with Gasteiger partial charge in [-0.05, 0) is 31.0 Å². The summed E-state index contributed by atoms with van der Waals surface area (Å²) in [4.78, 5) is 17.4. The first-order valence-corrected chi connectivity index (χ1v) is 7.20. The van der Waals surface area contributed by atoms with Gasteiger partial charge in [0.1, 0.15) is 5.52 Å². The molecule has 6 nitrogen and oxygen atoms in total. The Morgan fingerprint density at radius 1 is 1.38 bits per heavy atom.